The number of amides is 1. The summed E-state index contributed by atoms with van der Waals surface area (Å²) in [5.74, 6) is -0.482. The van der Waals surface area contributed by atoms with Gasteiger partial charge in [0, 0.05) is 31.8 Å². The van der Waals surface area contributed by atoms with Crippen molar-refractivity contribution in [3.05, 3.63) is 33.9 Å². The minimum Gasteiger partial charge on any atom is -0.379 e. The first kappa shape index (κ1) is 21.7. The van der Waals surface area contributed by atoms with Crippen LogP contribution >= 0.6 is 0 Å². The molecule has 1 amide bonds. The smallest absolute Gasteiger partial charge is 0.379 e. The Kier molecular flexibility index (Phi) is 7.36. The molecular weight excluding hydrogens is 379 g/mol. The molecule has 1 rings (SSSR count). The highest BCUT2D eigenvalue weighted by molar-refractivity contribution is 7.90. The fourth-order valence-corrected chi connectivity index (χ4v) is 2.64. The summed E-state index contributed by atoms with van der Waals surface area (Å²) in [6.45, 7) is 0.121. The maximum atomic E-state index is 12.6. The van der Waals surface area contributed by atoms with Crippen LogP contribution in [0.2, 0.25) is 0 Å². The summed E-state index contributed by atoms with van der Waals surface area (Å²) in [7, 11) is -3.11. The van der Waals surface area contributed by atoms with E-state index in [9.17, 15) is 36.5 Å². The third-order valence-electron chi connectivity index (χ3n) is 3.20. The summed E-state index contributed by atoms with van der Waals surface area (Å²) < 4.78 is 59.7. The number of sulfone groups is 1. The fourth-order valence-electron chi connectivity index (χ4n) is 1.97. The maximum Gasteiger partial charge on any atom is 0.416 e. The molecule has 0 bridgehead atoms. The zero-order valence-electron chi connectivity index (χ0n) is 13.8. The first-order valence-electron chi connectivity index (χ1n) is 7.44. The minimum absolute atomic E-state index is 0.0376. The molecule has 12 heteroatoms. The van der Waals surface area contributed by atoms with Crippen molar-refractivity contribution < 1.29 is 31.3 Å². The molecule has 0 aromatic heterocycles. The molecule has 2 N–H and O–H groups in total. The number of nitro benzene ring substituents is 1. The number of alkyl halides is 3. The summed E-state index contributed by atoms with van der Waals surface area (Å²) in [5.41, 5.74) is -2.01. The van der Waals surface area contributed by atoms with Crippen LogP contribution in [-0.2, 0) is 20.8 Å². The van der Waals surface area contributed by atoms with Gasteiger partial charge in [0.25, 0.3) is 5.69 Å². The van der Waals surface area contributed by atoms with E-state index in [-0.39, 0.29) is 37.4 Å². The van der Waals surface area contributed by atoms with Crippen molar-refractivity contribution >= 4 is 27.1 Å². The van der Waals surface area contributed by atoms with Gasteiger partial charge >= 0.3 is 6.18 Å². The largest absolute Gasteiger partial charge is 0.416 e. The van der Waals surface area contributed by atoms with E-state index in [0.29, 0.717) is 12.1 Å². The molecule has 146 valence electrons. The molecule has 0 aliphatic rings. The quantitative estimate of drug-likeness (QED) is 0.374. The number of carbonyl (C=O) groups is 1. The van der Waals surface area contributed by atoms with Gasteiger partial charge in [-0.1, -0.05) is 0 Å². The molecule has 0 atom stereocenters. The van der Waals surface area contributed by atoms with Crippen LogP contribution in [0.5, 0.6) is 0 Å². The number of anilines is 1. The number of carbonyl (C=O) groups excluding carboxylic acids is 1. The van der Waals surface area contributed by atoms with Crippen LogP contribution in [0.25, 0.3) is 0 Å². The molecule has 0 saturated carbocycles. The van der Waals surface area contributed by atoms with Gasteiger partial charge in [-0.2, -0.15) is 13.2 Å². The zero-order chi connectivity index (χ0) is 20.0. The van der Waals surface area contributed by atoms with Crippen molar-refractivity contribution in [2.75, 3.05) is 30.4 Å². The summed E-state index contributed by atoms with van der Waals surface area (Å²) >= 11 is 0. The van der Waals surface area contributed by atoms with Gasteiger partial charge in [-0.05, 0) is 18.6 Å². The molecule has 0 unspecified atom stereocenters. The predicted molar refractivity (Wildman–Crippen MR) is 88.5 cm³/mol. The van der Waals surface area contributed by atoms with Gasteiger partial charge in [0.1, 0.15) is 15.5 Å². The van der Waals surface area contributed by atoms with Crippen LogP contribution in [0.15, 0.2) is 18.2 Å². The fraction of sp³-hybridized carbons (Fsp3) is 0.500. The molecule has 0 spiro atoms. The standard InChI is InChI=1S/C14H18F3N3O5S/c1-26(24,25)8-2-6-19-13(21)5-7-18-11-4-3-10(14(15,16)17)9-12(11)20(22)23/h3-4,9,18H,2,5-8H2,1H3,(H,19,21). The van der Waals surface area contributed by atoms with Crippen LogP contribution in [0.4, 0.5) is 24.5 Å². The summed E-state index contributed by atoms with van der Waals surface area (Å²) in [4.78, 5) is 21.6. The number of nitrogens with one attached hydrogen (secondary N) is 2. The van der Waals surface area contributed by atoms with Crippen molar-refractivity contribution in [3.63, 3.8) is 0 Å². The van der Waals surface area contributed by atoms with E-state index in [2.05, 4.69) is 10.6 Å². The average Bonchev–Trinajstić information content (AvgIpc) is 2.49. The van der Waals surface area contributed by atoms with Gasteiger partial charge < -0.3 is 10.6 Å². The first-order valence-corrected chi connectivity index (χ1v) is 9.50. The Morgan fingerprint density at radius 2 is 1.92 bits per heavy atom. The Labute approximate surface area is 147 Å². The number of benzene rings is 1. The summed E-state index contributed by atoms with van der Waals surface area (Å²) in [6, 6.07) is 2.07. The topological polar surface area (TPSA) is 118 Å². The van der Waals surface area contributed by atoms with E-state index < -0.39 is 38.1 Å². The van der Waals surface area contributed by atoms with Gasteiger partial charge in [-0.3, -0.25) is 14.9 Å². The lowest BCUT2D eigenvalue weighted by Gasteiger charge is -2.10. The van der Waals surface area contributed by atoms with Gasteiger partial charge in [0.05, 0.1) is 16.2 Å². The van der Waals surface area contributed by atoms with Crippen LogP contribution < -0.4 is 10.6 Å². The lowest BCUT2D eigenvalue weighted by molar-refractivity contribution is -0.384. The van der Waals surface area contributed by atoms with E-state index in [1.54, 1.807) is 0 Å². The molecule has 1 aromatic rings. The third kappa shape index (κ3) is 7.68. The molecule has 0 heterocycles. The second-order valence-electron chi connectivity index (χ2n) is 5.50. The normalized spacial score (nSPS) is 11.8. The van der Waals surface area contributed by atoms with Gasteiger partial charge in [0.15, 0.2) is 0 Å². The van der Waals surface area contributed by atoms with Gasteiger partial charge in [-0.15, -0.1) is 0 Å². The van der Waals surface area contributed by atoms with Crippen LogP contribution in [0, 0.1) is 10.1 Å². The molecule has 0 saturated heterocycles. The summed E-state index contributed by atoms with van der Waals surface area (Å²) in [5, 5.41) is 16.0. The highest BCUT2D eigenvalue weighted by Gasteiger charge is 2.33. The molecule has 1 aromatic carbocycles. The van der Waals surface area contributed by atoms with Gasteiger partial charge in [-0.25, -0.2) is 8.42 Å². The lowest BCUT2D eigenvalue weighted by atomic mass is 10.1. The number of hydrogen-bond acceptors (Lipinski definition) is 6. The maximum absolute atomic E-state index is 12.6. The third-order valence-corrected chi connectivity index (χ3v) is 4.23. The number of nitrogens with zero attached hydrogens (tertiary/aromatic N) is 1. The molecule has 26 heavy (non-hydrogen) atoms. The molecule has 0 radical (unpaired) electrons. The van der Waals surface area contributed by atoms with Gasteiger partial charge in [0.2, 0.25) is 5.91 Å². The first-order chi connectivity index (χ1) is 11.9. The summed E-state index contributed by atoms with van der Waals surface area (Å²) in [6.07, 6.45) is -3.45. The number of rotatable bonds is 9. The SMILES string of the molecule is CS(=O)(=O)CCCNC(=O)CCNc1ccc(C(F)(F)F)cc1[N+](=O)[O-]. The average molecular weight is 397 g/mol. The van der Waals surface area contributed by atoms with Crippen molar-refractivity contribution in [2.24, 2.45) is 0 Å². The van der Waals surface area contributed by atoms with E-state index in [1.165, 1.54) is 0 Å². The van der Waals surface area contributed by atoms with Crippen LogP contribution in [0.1, 0.15) is 18.4 Å². The molecule has 0 fully saturated rings. The second kappa shape index (κ2) is 8.83. The Hall–Kier alpha value is -2.37. The monoisotopic (exact) mass is 397 g/mol. The highest BCUT2D eigenvalue weighted by atomic mass is 32.2. The number of halogens is 3. The van der Waals surface area contributed by atoms with E-state index >= 15 is 0 Å². The minimum atomic E-state index is -4.70. The predicted octanol–water partition coefficient (Wildman–Crippen LogP) is 1.97. The Balaban J connectivity index is 2.54. The van der Waals surface area contributed by atoms with Crippen molar-refractivity contribution in [3.8, 4) is 0 Å². The Bertz CT molecular complexity index is 766. The van der Waals surface area contributed by atoms with Crippen molar-refractivity contribution in [2.45, 2.75) is 19.0 Å². The van der Waals surface area contributed by atoms with Crippen molar-refractivity contribution in [1.82, 2.24) is 5.32 Å². The van der Waals surface area contributed by atoms with E-state index in [1.807, 2.05) is 0 Å². The van der Waals surface area contributed by atoms with Crippen molar-refractivity contribution in [1.29, 1.82) is 0 Å². The molecule has 0 aliphatic carbocycles. The Morgan fingerprint density at radius 3 is 2.46 bits per heavy atom. The number of hydrogen-bond donors (Lipinski definition) is 2. The lowest BCUT2D eigenvalue weighted by Crippen LogP contribution is -2.27. The zero-order valence-corrected chi connectivity index (χ0v) is 14.6. The molecular formula is C14H18F3N3O5S. The number of nitro groups is 1. The highest BCUT2D eigenvalue weighted by Crippen LogP contribution is 2.34. The van der Waals surface area contributed by atoms with E-state index in [4.69, 9.17) is 0 Å². The second-order valence-corrected chi connectivity index (χ2v) is 7.76. The van der Waals surface area contributed by atoms with E-state index in [0.717, 1.165) is 12.3 Å². The van der Waals surface area contributed by atoms with Crippen LogP contribution in [-0.4, -0.2) is 44.3 Å². The molecule has 0 aliphatic heterocycles. The molecule has 8 nitrogen and oxygen atoms in total. The van der Waals surface area contributed by atoms with Crippen LogP contribution in [0.3, 0.4) is 0 Å². The Morgan fingerprint density at radius 1 is 1.27 bits per heavy atom.